The van der Waals surface area contributed by atoms with Crippen molar-refractivity contribution >= 4 is 29.5 Å². The zero-order chi connectivity index (χ0) is 19.1. The number of carboxylic acid groups (broad SMARTS) is 1. The summed E-state index contributed by atoms with van der Waals surface area (Å²) in [5.74, 6) is -2.11. The molecule has 4 atom stereocenters. The van der Waals surface area contributed by atoms with E-state index in [0.717, 1.165) is 0 Å². The van der Waals surface area contributed by atoms with Crippen LogP contribution in [0.15, 0.2) is 35.4 Å². The van der Waals surface area contributed by atoms with Gasteiger partial charge in [0.25, 0.3) is 0 Å². The SMILES string of the molecule is CC1(C)S[C@@H]2[C@H](NC(=O)[C@H](N=[N+]=[N-])c3ccccc3)C(=O)N2[C@H]1C(=O)O.[Na+]. The van der Waals surface area contributed by atoms with E-state index in [2.05, 4.69) is 15.3 Å². The van der Waals surface area contributed by atoms with E-state index in [1.54, 1.807) is 44.2 Å². The van der Waals surface area contributed by atoms with Gasteiger partial charge in [-0.25, -0.2) is 4.79 Å². The van der Waals surface area contributed by atoms with Gasteiger partial charge in [0, 0.05) is 9.66 Å². The first-order chi connectivity index (χ1) is 12.3. The van der Waals surface area contributed by atoms with Crippen molar-refractivity contribution in [1.82, 2.24) is 10.2 Å². The second-order valence-corrected chi connectivity index (χ2v) is 8.37. The van der Waals surface area contributed by atoms with E-state index >= 15 is 0 Å². The van der Waals surface area contributed by atoms with Crippen LogP contribution < -0.4 is 34.9 Å². The average Bonchev–Trinajstić information content (AvgIpc) is 2.86. The van der Waals surface area contributed by atoms with Crippen molar-refractivity contribution in [3.8, 4) is 0 Å². The molecule has 0 aliphatic carbocycles. The molecule has 0 spiro atoms. The molecule has 1 aromatic carbocycles. The Hall–Kier alpha value is -1.71. The number of aliphatic carboxylic acids is 1. The molecule has 2 saturated heterocycles. The molecule has 9 nitrogen and oxygen atoms in total. The monoisotopic (exact) mass is 398 g/mol. The molecule has 2 aliphatic heterocycles. The summed E-state index contributed by atoms with van der Waals surface area (Å²) < 4.78 is -0.671. The predicted octanol–water partition coefficient (Wildman–Crippen LogP) is -1.33. The van der Waals surface area contributed by atoms with E-state index in [4.69, 9.17) is 5.53 Å². The number of azide groups is 1. The van der Waals surface area contributed by atoms with Gasteiger partial charge >= 0.3 is 35.5 Å². The summed E-state index contributed by atoms with van der Waals surface area (Å²) >= 11 is 1.33. The van der Waals surface area contributed by atoms with E-state index in [-0.39, 0.29) is 29.6 Å². The summed E-state index contributed by atoms with van der Waals surface area (Å²) in [5, 5.41) is 15.1. The summed E-state index contributed by atoms with van der Waals surface area (Å²) in [7, 11) is 0. The largest absolute Gasteiger partial charge is 1.00 e. The molecule has 2 N–H and O–H groups in total. The molecule has 11 heteroatoms. The number of carboxylic acids is 1. The molecule has 0 unspecified atom stereocenters. The van der Waals surface area contributed by atoms with Gasteiger partial charge in [0.05, 0.1) is 0 Å². The molecule has 0 bridgehead atoms. The predicted molar refractivity (Wildman–Crippen MR) is 94.0 cm³/mol. The molecule has 2 fully saturated rings. The maximum atomic E-state index is 12.6. The fourth-order valence-electron chi connectivity index (χ4n) is 3.34. The summed E-state index contributed by atoms with van der Waals surface area (Å²) in [6.45, 7) is 3.52. The van der Waals surface area contributed by atoms with Gasteiger partial charge in [-0.15, -0.1) is 11.8 Å². The van der Waals surface area contributed by atoms with Crippen molar-refractivity contribution in [2.24, 2.45) is 5.11 Å². The van der Waals surface area contributed by atoms with Gasteiger partial charge in [-0.05, 0) is 24.9 Å². The maximum absolute atomic E-state index is 12.6. The number of rotatable bonds is 5. The van der Waals surface area contributed by atoms with Crippen molar-refractivity contribution in [1.29, 1.82) is 0 Å². The van der Waals surface area contributed by atoms with Crippen LogP contribution in [-0.4, -0.2) is 50.0 Å². The van der Waals surface area contributed by atoms with Gasteiger partial charge in [0.15, 0.2) is 0 Å². The van der Waals surface area contributed by atoms with E-state index < -0.39 is 46.0 Å². The van der Waals surface area contributed by atoms with Crippen molar-refractivity contribution < 1.29 is 49.0 Å². The zero-order valence-corrected chi connectivity index (χ0v) is 17.9. The normalized spacial score (nSPS) is 25.9. The summed E-state index contributed by atoms with van der Waals surface area (Å²) in [6, 6.07) is 5.63. The first kappa shape index (κ1) is 21.6. The van der Waals surface area contributed by atoms with Crippen LogP contribution in [0.3, 0.4) is 0 Å². The minimum atomic E-state index is -1.10. The summed E-state index contributed by atoms with van der Waals surface area (Å²) in [5.41, 5.74) is 9.26. The van der Waals surface area contributed by atoms with Crippen LogP contribution in [0.1, 0.15) is 25.5 Å². The maximum Gasteiger partial charge on any atom is 1.00 e. The van der Waals surface area contributed by atoms with Crippen molar-refractivity contribution in [2.45, 2.75) is 42.1 Å². The van der Waals surface area contributed by atoms with Crippen LogP contribution in [0, 0.1) is 0 Å². The summed E-state index contributed by atoms with van der Waals surface area (Å²) in [4.78, 5) is 40.5. The van der Waals surface area contributed by atoms with Crippen LogP contribution in [0.4, 0.5) is 0 Å². The third kappa shape index (κ3) is 3.81. The Kier molecular flexibility index (Phi) is 6.49. The summed E-state index contributed by atoms with van der Waals surface area (Å²) in [6.07, 6.45) is 0. The Balaban J connectivity index is 0.00000261. The molecule has 0 aromatic heterocycles. The fourth-order valence-corrected chi connectivity index (χ4v) is 4.96. The third-order valence-corrected chi connectivity index (χ3v) is 6.07. The smallest absolute Gasteiger partial charge is 0.480 e. The Morgan fingerprint density at radius 1 is 1.37 bits per heavy atom. The van der Waals surface area contributed by atoms with Crippen molar-refractivity contribution in [3.63, 3.8) is 0 Å². The van der Waals surface area contributed by atoms with Crippen molar-refractivity contribution in [3.05, 3.63) is 46.3 Å². The van der Waals surface area contributed by atoms with E-state index in [0.29, 0.717) is 5.56 Å². The minimum Gasteiger partial charge on any atom is -0.480 e. The van der Waals surface area contributed by atoms with Crippen LogP contribution in [0.2, 0.25) is 0 Å². The second kappa shape index (κ2) is 8.12. The van der Waals surface area contributed by atoms with Gasteiger partial charge < -0.3 is 15.3 Å². The van der Waals surface area contributed by atoms with Crippen LogP contribution >= 0.6 is 11.8 Å². The quantitative estimate of drug-likeness (QED) is 0.208. The molecule has 0 radical (unpaired) electrons. The molecule has 27 heavy (non-hydrogen) atoms. The van der Waals surface area contributed by atoms with Gasteiger partial charge in [-0.1, -0.05) is 35.4 Å². The zero-order valence-electron chi connectivity index (χ0n) is 15.1. The molecular formula is C16H17N5NaO4S+. The Labute approximate surface area is 181 Å². The van der Waals surface area contributed by atoms with Gasteiger partial charge in [-0.3, -0.25) is 9.59 Å². The van der Waals surface area contributed by atoms with Gasteiger partial charge in [0.2, 0.25) is 11.8 Å². The number of carbonyl (C=O) groups excluding carboxylic acids is 2. The number of hydrogen-bond acceptors (Lipinski definition) is 5. The average molecular weight is 398 g/mol. The third-order valence-electron chi connectivity index (χ3n) is 4.50. The molecule has 2 amide bonds. The number of nitrogens with zero attached hydrogens (tertiary/aromatic N) is 4. The molecule has 0 saturated carbocycles. The van der Waals surface area contributed by atoms with E-state index in [9.17, 15) is 19.5 Å². The molecule has 2 aliphatic rings. The minimum absolute atomic E-state index is 0. The number of β-lactam (4-membered cyclic amide) rings is 1. The Morgan fingerprint density at radius 2 is 2.00 bits per heavy atom. The number of hydrogen-bond donors (Lipinski definition) is 2. The Morgan fingerprint density at radius 3 is 2.56 bits per heavy atom. The van der Waals surface area contributed by atoms with Gasteiger partial charge in [-0.2, -0.15) is 0 Å². The number of fused-ring (bicyclic) bond motifs is 1. The fraction of sp³-hybridized carbons (Fsp3) is 0.438. The number of amides is 2. The molecule has 1 aromatic rings. The number of benzene rings is 1. The number of nitrogens with one attached hydrogen (secondary N) is 1. The van der Waals surface area contributed by atoms with E-state index in [1.807, 2.05) is 0 Å². The first-order valence-electron chi connectivity index (χ1n) is 7.90. The second-order valence-electron chi connectivity index (χ2n) is 6.60. The molecular weight excluding hydrogens is 381 g/mol. The standard InChI is InChI=1S/C16H17N5O4S.Na/c1-16(2)11(15(24)25)21-13(23)10(14(21)26-16)18-12(22)9(19-20-17)8-6-4-3-5-7-8;/h3-7,9-11,14H,1-2H3,(H,18,22)(H,24,25);/q;+1/t9-,10-,11+,14-;/m1./s1. The van der Waals surface area contributed by atoms with E-state index in [1.165, 1.54) is 16.7 Å². The van der Waals surface area contributed by atoms with Crippen LogP contribution in [0.25, 0.3) is 10.4 Å². The molecule has 3 rings (SSSR count). The Bertz CT molecular complexity index is 814. The first-order valence-corrected chi connectivity index (χ1v) is 8.78. The van der Waals surface area contributed by atoms with Crippen LogP contribution in [-0.2, 0) is 14.4 Å². The van der Waals surface area contributed by atoms with Crippen LogP contribution in [0.5, 0.6) is 0 Å². The topological polar surface area (TPSA) is 135 Å². The number of thioether (sulfide) groups is 1. The van der Waals surface area contributed by atoms with Gasteiger partial charge in [0.1, 0.15) is 23.5 Å². The molecule has 136 valence electrons. The van der Waals surface area contributed by atoms with Crippen molar-refractivity contribution in [2.75, 3.05) is 0 Å². The molecule has 2 heterocycles. The number of carbonyl (C=O) groups is 3.